The van der Waals surface area contributed by atoms with Crippen LogP contribution in [0.3, 0.4) is 0 Å². The predicted octanol–water partition coefficient (Wildman–Crippen LogP) is 2.05. The monoisotopic (exact) mass is 298 g/mol. The van der Waals surface area contributed by atoms with Crippen molar-refractivity contribution >= 4 is 5.82 Å². The summed E-state index contributed by atoms with van der Waals surface area (Å²) >= 11 is 0. The molecule has 1 saturated heterocycles. The van der Waals surface area contributed by atoms with Gasteiger partial charge < -0.3 is 10.4 Å². The van der Waals surface area contributed by atoms with Gasteiger partial charge in [0, 0.05) is 31.5 Å². The Hall–Kier alpha value is -1.98. The molecule has 22 heavy (non-hydrogen) atoms. The lowest BCUT2D eigenvalue weighted by Gasteiger charge is -2.24. The number of nitrogens with one attached hydrogen (secondary N) is 1. The standard InChI is InChI=1S/C17H22N4O/c22-13-16-6-3-9-21(16)12-15-5-2-1-4-14(15)10-20-17-11-18-7-8-19-17/h1-2,4-5,7-8,11,16,22H,3,6,9-10,12-13H2,(H,19,20). The highest BCUT2D eigenvalue weighted by Crippen LogP contribution is 2.21. The summed E-state index contributed by atoms with van der Waals surface area (Å²) in [5, 5.41) is 12.8. The van der Waals surface area contributed by atoms with Gasteiger partial charge in [-0.25, -0.2) is 4.98 Å². The Balaban J connectivity index is 1.67. The summed E-state index contributed by atoms with van der Waals surface area (Å²) in [5.41, 5.74) is 2.57. The molecule has 0 amide bonds. The molecule has 0 aliphatic carbocycles. The van der Waals surface area contributed by atoms with Crippen molar-refractivity contribution in [2.45, 2.75) is 32.0 Å². The minimum Gasteiger partial charge on any atom is -0.395 e. The highest BCUT2D eigenvalue weighted by molar-refractivity contribution is 5.35. The minimum atomic E-state index is 0.250. The zero-order chi connectivity index (χ0) is 15.2. The molecule has 5 nitrogen and oxygen atoms in total. The van der Waals surface area contributed by atoms with Crippen molar-refractivity contribution in [3.05, 3.63) is 54.0 Å². The second-order valence-corrected chi connectivity index (χ2v) is 5.66. The molecule has 1 atom stereocenters. The van der Waals surface area contributed by atoms with Crippen molar-refractivity contribution in [2.75, 3.05) is 18.5 Å². The van der Waals surface area contributed by atoms with E-state index in [1.165, 1.54) is 17.5 Å². The van der Waals surface area contributed by atoms with Gasteiger partial charge in [-0.2, -0.15) is 0 Å². The number of likely N-dealkylation sites (tertiary alicyclic amines) is 1. The Morgan fingerprint density at radius 3 is 2.86 bits per heavy atom. The fourth-order valence-corrected chi connectivity index (χ4v) is 2.99. The quantitative estimate of drug-likeness (QED) is 0.854. The van der Waals surface area contributed by atoms with E-state index in [4.69, 9.17) is 0 Å². The third-order valence-electron chi connectivity index (χ3n) is 4.22. The molecular weight excluding hydrogens is 276 g/mol. The van der Waals surface area contributed by atoms with Crippen molar-refractivity contribution in [2.24, 2.45) is 0 Å². The molecule has 1 aromatic heterocycles. The fourth-order valence-electron chi connectivity index (χ4n) is 2.99. The van der Waals surface area contributed by atoms with Crippen LogP contribution in [0.1, 0.15) is 24.0 Å². The average molecular weight is 298 g/mol. The number of aliphatic hydroxyl groups is 1. The molecule has 3 rings (SSSR count). The summed E-state index contributed by atoms with van der Waals surface area (Å²) in [6.45, 7) is 2.94. The maximum absolute atomic E-state index is 9.47. The number of aromatic nitrogens is 2. The van der Waals surface area contributed by atoms with E-state index in [9.17, 15) is 5.11 Å². The first kappa shape index (κ1) is 14.9. The molecule has 2 heterocycles. The number of anilines is 1. The van der Waals surface area contributed by atoms with Crippen molar-refractivity contribution in [3.8, 4) is 0 Å². The van der Waals surface area contributed by atoms with Crippen LogP contribution in [0.5, 0.6) is 0 Å². The maximum Gasteiger partial charge on any atom is 0.144 e. The Labute approximate surface area is 131 Å². The van der Waals surface area contributed by atoms with E-state index in [1.54, 1.807) is 18.6 Å². The number of hydrogen-bond acceptors (Lipinski definition) is 5. The van der Waals surface area contributed by atoms with Gasteiger partial charge in [0.1, 0.15) is 5.82 Å². The first-order valence-corrected chi connectivity index (χ1v) is 7.78. The van der Waals surface area contributed by atoms with Crippen LogP contribution in [0.2, 0.25) is 0 Å². The number of aliphatic hydroxyl groups excluding tert-OH is 1. The van der Waals surface area contributed by atoms with Gasteiger partial charge in [0.05, 0.1) is 12.8 Å². The third-order valence-corrected chi connectivity index (χ3v) is 4.22. The van der Waals surface area contributed by atoms with Crippen LogP contribution in [-0.4, -0.2) is 39.2 Å². The molecule has 116 valence electrons. The van der Waals surface area contributed by atoms with Crippen LogP contribution >= 0.6 is 0 Å². The molecule has 2 N–H and O–H groups in total. The lowest BCUT2D eigenvalue weighted by atomic mass is 10.1. The molecule has 1 aliphatic heterocycles. The third kappa shape index (κ3) is 3.61. The van der Waals surface area contributed by atoms with E-state index in [0.717, 1.165) is 31.9 Å². The second-order valence-electron chi connectivity index (χ2n) is 5.66. The fraction of sp³-hybridized carbons (Fsp3) is 0.412. The molecule has 0 bridgehead atoms. The SMILES string of the molecule is OCC1CCCN1Cc1ccccc1CNc1cnccn1. The average Bonchev–Trinajstić information content (AvgIpc) is 3.02. The van der Waals surface area contributed by atoms with Crippen molar-refractivity contribution in [1.82, 2.24) is 14.9 Å². The zero-order valence-electron chi connectivity index (χ0n) is 12.7. The molecule has 2 aromatic rings. The Morgan fingerprint density at radius 1 is 1.23 bits per heavy atom. The number of rotatable bonds is 6. The number of benzene rings is 1. The summed E-state index contributed by atoms with van der Waals surface area (Å²) in [6.07, 6.45) is 7.35. The summed E-state index contributed by atoms with van der Waals surface area (Å²) in [7, 11) is 0. The molecule has 1 aromatic carbocycles. The van der Waals surface area contributed by atoms with Crippen LogP contribution in [0.25, 0.3) is 0 Å². The van der Waals surface area contributed by atoms with Crippen LogP contribution in [0.4, 0.5) is 5.82 Å². The second kappa shape index (κ2) is 7.33. The van der Waals surface area contributed by atoms with Gasteiger partial charge in [0.25, 0.3) is 0 Å². The number of nitrogens with zero attached hydrogens (tertiary/aromatic N) is 3. The van der Waals surface area contributed by atoms with Gasteiger partial charge >= 0.3 is 0 Å². The van der Waals surface area contributed by atoms with Crippen molar-refractivity contribution in [1.29, 1.82) is 0 Å². The largest absolute Gasteiger partial charge is 0.395 e. The van der Waals surface area contributed by atoms with Gasteiger partial charge in [0.15, 0.2) is 0 Å². The Morgan fingerprint density at radius 2 is 2.09 bits per heavy atom. The Kier molecular flexibility index (Phi) is 4.98. The van der Waals surface area contributed by atoms with Crippen LogP contribution in [0, 0.1) is 0 Å². The van der Waals surface area contributed by atoms with Gasteiger partial charge in [-0.3, -0.25) is 9.88 Å². The molecular formula is C17H22N4O. The molecule has 5 heteroatoms. The lowest BCUT2D eigenvalue weighted by Crippen LogP contribution is -2.32. The number of hydrogen-bond donors (Lipinski definition) is 2. The first-order valence-electron chi connectivity index (χ1n) is 7.78. The van der Waals surface area contributed by atoms with Crippen molar-refractivity contribution < 1.29 is 5.11 Å². The predicted molar refractivity (Wildman–Crippen MR) is 86.3 cm³/mol. The molecule has 1 fully saturated rings. The van der Waals surface area contributed by atoms with E-state index in [1.807, 2.05) is 0 Å². The topological polar surface area (TPSA) is 61.3 Å². The smallest absolute Gasteiger partial charge is 0.144 e. The van der Waals surface area contributed by atoms with Crippen molar-refractivity contribution in [3.63, 3.8) is 0 Å². The molecule has 0 spiro atoms. The lowest BCUT2D eigenvalue weighted by molar-refractivity contribution is 0.153. The highest BCUT2D eigenvalue weighted by atomic mass is 16.3. The van der Waals surface area contributed by atoms with E-state index < -0.39 is 0 Å². The zero-order valence-corrected chi connectivity index (χ0v) is 12.7. The normalized spacial score (nSPS) is 18.5. The Bertz CT molecular complexity index is 590. The summed E-state index contributed by atoms with van der Waals surface area (Å²) < 4.78 is 0. The van der Waals surface area contributed by atoms with Gasteiger partial charge in [-0.15, -0.1) is 0 Å². The molecule has 0 saturated carbocycles. The minimum absolute atomic E-state index is 0.250. The van der Waals surface area contributed by atoms with E-state index in [0.29, 0.717) is 6.04 Å². The van der Waals surface area contributed by atoms with E-state index in [2.05, 4.69) is 44.5 Å². The van der Waals surface area contributed by atoms with Gasteiger partial charge in [-0.1, -0.05) is 24.3 Å². The maximum atomic E-state index is 9.47. The van der Waals surface area contributed by atoms with Gasteiger partial charge in [-0.05, 0) is 30.5 Å². The molecule has 1 aliphatic rings. The molecule has 1 unspecified atom stereocenters. The van der Waals surface area contributed by atoms with Crippen LogP contribution in [0.15, 0.2) is 42.9 Å². The van der Waals surface area contributed by atoms with Gasteiger partial charge in [0.2, 0.25) is 0 Å². The van der Waals surface area contributed by atoms with Crippen LogP contribution < -0.4 is 5.32 Å². The summed E-state index contributed by atoms with van der Waals surface area (Å²) in [6, 6.07) is 8.75. The highest BCUT2D eigenvalue weighted by Gasteiger charge is 2.24. The van der Waals surface area contributed by atoms with E-state index >= 15 is 0 Å². The summed E-state index contributed by atoms with van der Waals surface area (Å²) in [5.74, 6) is 0.784. The first-order chi connectivity index (χ1) is 10.9. The summed E-state index contributed by atoms with van der Waals surface area (Å²) in [4.78, 5) is 10.7. The van der Waals surface area contributed by atoms with E-state index in [-0.39, 0.29) is 6.61 Å². The molecule has 0 radical (unpaired) electrons. The van der Waals surface area contributed by atoms with Crippen LogP contribution in [-0.2, 0) is 13.1 Å².